The van der Waals surface area contributed by atoms with Crippen molar-refractivity contribution in [1.29, 1.82) is 0 Å². The summed E-state index contributed by atoms with van der Waals surface area (Å²) in [6, 6.07) is 0.554. The maximum absolute atomic E-state index is 5.50. The number of nitrogens with one attached hydrogen (secondary N) is 1. The molecule has 0 aromatic carbocycles. The van der Waals surface area contributed by atoms with Crippen molar-refractivity contribution in [2.45, 2.75) is 52.0 Å². The second-order valence-corrected chi connectivity index (χ2v) is 3.56. The van der Waals surface area contributed by atoms with E-state index in [4.69, 9.17) is 4.74 Å². The van der Waals surface area contributed by atoms with Gasteiger partial charge < -0.3 is 10.1 Å². The molecule has 0 rings (SSSR count). The number of hydrogen-bond donors (Lipinski definition) is 1. The number of hydrogen-bond acceptors (Lipinski definition) is 2. The molecule has 1 N–H and O–H groups in total. The summed E-state index contributed by atoms with van der Waals surface area (Å²) in [6.45, 7) is 6.15. The minimum absolute atomic E-state index is 0.554. The zero-order chi connectivity index (χ0) is 9.94. The number of unbranched alkanes of at least 4 members (excludes halogenated alkanes) is 2. The second kappa shape index (κ2) is 10.0. The summed E-state index contributed by atoms with van der Waals surface area (Å²) in [5.74, 6) is 0. The maximum Gasteiger partial charge on any atom is 0.0619 e. The molecule has 0 aromatic heterocycles. The fraction of sp³-hybridized carbons (Fsp3) is 1.00. The molecule has 2 nitrogen and oxygen atoms in total. The molecule has 0 aliphatic rings. The van der Waals surface area contributed by atoms with Crippen LogP contribution in [0.5, 0.6) is 0 Å². The monoisotopic (exact) mass is 187 g/mol. The van der Waals surface area contributed by atoms with Crippen molar-refractivity contribution in [3.63, 3.8) is 0 Å². The van der Waals surface area contributed by atoms with Crippen LogP contribution in [-0.4, -0.2) is 26.3 Å². The van der Waals surface area contributed by atoms with Gasteiger partial charge in [-0.25, -0.2) is 0 Å². The van der Waals surface area contributed by atoms with Crippen LogP contribution in [0.3, 0.4) is 0 Å². The van der Waals surface area contributed by atoms with Crippen LogP contribution in [0.1, 0.15) is 46.0 Å². The van der Waals surface area contributed by atoms with Crippen LogP contribution in [0, 0.1) is 0 Å². The normalized spacial score (nSPS) is 13.2. The van der Waals surface area contributed by atoms with Crippen molar-refractivity contribution in [2.24, 2.45) is 0 Å². The first kappa shape index (κ1) is 12.9. The van der Waals surface area contributed by atoms with Gasteiger partial charge >= 0.3 is 0 Å². The van der Waals surface area contributed by atoms with E-state index in [1.807, 2.05) is 7.05 Å². The third-order valence-corrected chi connectivity index (χ3v) is 2.23. The van der Waals surface area contributed by atoms with Crippen LogP contribution in [-0.2, 0) is 4.74 Å². The molecular weight excluding hydrogens is 162 g/mol. The largest absolute Gasteiger partial charge is 0.380 e. The van der Waals surface area contributed by atoms with Gasteiger partial charge in [0.15, 0.2) is 0 Å². The molecule has 1 atom stereocenters. The third-order valence-electron chi connectivity index (χ3n) is 2.23. The van der Waals surface area contributed by atoms with Crippen molar-refractivity contribution in [1.82, 2.24) is 5.32 Å². The summed E-state index contributed by atoms with van der Waals surface area (Å²) in [7, 11) is 2.02. The first-order chi connectivity index (χ1) is 6.35. The summed E-state index contributed by atoms with van der Waals surface area (Å²) in [4.78, 5) is 0. The lowest BCUT2D eigenvalue weighted by Gasteiger charge is -2.15. The Hall–Kier alpha value is -0.0800. The quantitative estimate of drug-likeness (QED) is 0.560. The topological polar surface area (TPSA) is 21.3 Å². The van der Waals surface area contributed by atoms with Gasteiger partial charge in [-0.2, -0.15) is 0 Å². The van der Waals surface area contributed by atoms with Gasteiger partial charge in [0.2, 0.25) is 0 Å². The molecule has 13 heavy (non-hydrogen) atoms. The minimum Gasteiger partial charge on any atom is -0.380 e. The van der Waals surface area contributed by atoms with Crippen LogP contribution in [0.4, 0.5) is 0 Å². The highest BCUT2D eigenvalue weighted by Crippen LogP contribution is 2.03. The molecule has 0 radical (unpaired) electrons. The molecule has 0 amide bonds. The Morgan fingerprint density at radius 3 is 2.46 bits per heavy atom. The van der Waals surface area contributed by atoms with Crippen LogP contribution in [0.2, 0.25) is 0 Å². The van der Waals surface area contributed by atoms with Crippen LogP contribution in [0.15, 0.2) is 0 Å². The SMILES string of the molecule is CCCCCC(COCCC)NC. The Kier molecular flexibility index (Phi) is 9.94. The standard InChI is InChI=1S/C11H25NO/c1-4-6-7-8-11(12-3)10-13-9-5-2/h11-12H,4-10H2,1-3H3. The lowest BCUT2D eigenvalue weighted by atomic mass is 10.1. The maximum atomic E-state index is 5.50. The van der Waals surface area contributed by atoms with Gasteiger partial charge in [0.05, 0.1) is 6.61 Å². The van der Waals surface area contributed by atoms with E-state index in [0.717, 1.165) is 19.6 Å². The van der Waals surface area contributed by atoms with Gasteiger partial charge in [-0.3, -0.25) is 0 Å². The van der Waals surface area contributed by atoms with Crippen molar-refractivity contribution in [3.05, 3.63) is 0 Å². The highest BCUT2D eigenvalue weighted by molar-refractivity contribution is 4.63. The van der Waals surface area contributed by atoms with Gasteiger partial charge in [0.1, 0.15) is 0 Å². The van der Waals surface area contributed by atoms with Crippen LogP contribution in [0.25, 0.3) is 0 Å². The van der Waals surface area contributed by atoms with Gasteiger partial charge in [-0.15, -0.1) is 0 Å². The van der Waals surface area contributed by atoms with E-state index in [-0.39, 0.29) is 0 Å². The average molecular weight is 187 g/mol. The van der Waals surface area contributed by atoms with E-state index in [1.165, 1.54) is 25.7 Å². The lowest BCUT2D eigenvalue weighted by Crippen LogP contribution is -2.30. The summed E-state index contributed by atoms with van der Waals surface area (Å²) in [6.07, 6.45) is 6.31. The van der Waals surface area contributed by atoms with Crippen LogP contribution < -0.4 is 5.32 Å². The van der Waals surface area contributed by atoms with E-state index in [1.54, 1.807) is 0 Å². The Balaban J connectivity index is 3.28. The third kappa shape index (κ3) is 8.26. The average Bonchev–Trinajstić information content (AvgIpc) is 2.16. The fourth-order valence-electron chi connectivity index (χ4n) is 1.32. The van der Waals surface area contributed by atoms with E-state index in [9.17, 15) is 0 Å². The predicted octanol–water partition coefficient (Wildman–Crippen LogP) is 2.58. The van der Waals surface area contributed by atoms with Gasteiger partial charge in [-0.1, -0.05) is 33.1 Å². The first-order valence-corrected chi connectivity index (χ1v) is 5.60. The number of ether oxygens (including phenoxy) is 1. The minimum atomic E-state index is 0.554. The van der Waals surface area contributed by atoms with Crippen molar-refractivity contribution in [2.75, 3.05) is 20.3 Å². The molecule has 1 unspecified atom stereocenters. The van der Waals surface area contributed by atoms with Gasteiger partial charge in [0.25, 0.3) is 0 Å². The Bertz CT molecular complexity index is 86.1. The Morgan fingerprint density at radius 2 is 1.92 bits per heavy atom. The second-order valence-electron chi connectivity index (χ2n) is 3.56. The van der Waals surface area contributed by atoms with Crippen molar-refractivity contribution < 1.29 is 4.74 Å². The molecule has 0 fully saturated rings. The fourth-order valence-corrected chi connectivity index (χ4v) is 1.32. The molecule has 0 bridgehead atoms. The molecule has 0 saturated carbocycles. The van der Waals surface area contributed by atoms with Crippen molar-refractivity contribution >= 4 is 0 Å². The highest BCUT2D eigenvalue weighted by atomic mass is 16.5. The molecule has 80 valence electrons. The number of likely N-dealkylation sites (N-methyl/N-ethyl adjacent to an activating group) is 1. The summed E-state index contributed by atoms with van der Waals surface area (Å²) >= 11 is 0. The molecule has 0 aliphatic carbocycles. The van der Waals surface area contributed by atoms with E-state index >= 15 is 0 Å². The van der Waals surface area contributed by atoms with E-state index in [0.29, 0.717) is 6.04 Å². The molecule has 0 aromatic rings. The highest BCUT2D eigenvalue weighted by Gasteiger charge is 2.04. The summed E-state index contributed by atoms with van der Waals surface area (Å²) in [5, 5.41) is 3.29. The summed E-state index contributed by atoms with van der Waals surface area (Å²) in [5.41, 5.74) is 0. The Morgan fingerprint density at radius 1 is 1.15 bits per heavy atom. The number of rotatable bonds is 9. The molecular formula is C11H25NO. The smallest absolute Gasteiger partial charge is 0.0619 e. The van der Waals surface area contributed by atoms with Gasteiger partial charge in [-0.05, 0) is 19.9 Å². The van der Waals surface area contributed by atoms with E-state index < -0.39 is 0 Å². The zero-order valence-electron chi connectivity index (χ0n) is 9.44. The molecule has 0 aliphatic heterocycles. The molecule has 2 heteroatoms. The zero-order valence-corrected chi connectivity index (χ0v) is 9.44. The molecule has 0 spiro atoms. The Labute approximate surface area is 83.1 Å². The van der Waals surface area contributed by atoms with Crippen LogP contribution >= 0.6 is 0 Å². The van der Waals surface area contributed by atoms with Gasteiger partial charge in [0, 0.05) is 12.6 Å². The summed E-state index contributed by atoms with van der Waals surface area (Å²) < 4.78 is 5.50. The van der Waals surface area contributed by atoms with E-state index in [2.05, 4.69) is 19.2 Å². The van der Waals surface area contributed by atoms with Crippen molar-refractivity contribution in [3.8, 4) is 0 Å². The molecule has 0 saturated heterocycles. The lowest BCUT2D eigenvalue weighted by molar-refractivity contribution is 0.111. The first-order valence-electron chi connectivity index (χ1n) is 5.60. The molecule has 0 heterocycles. The predicted molar refractivity (Wildman–Crippen MR) is 58.1 cm³/mol.